The van der Waals surface area contributed by atoms with E-state index in [2.05, 4.69) is 0 Å². The molecule has 0 aliphatic carbocycles. The molecule has 0 saturated carbocycles. The Morgan fingerprint density at radius 2 is 1.07 bits per heavy atom. The molecular formula is C13H22F2. The largest absolute Gasteiger partial charge is 0.212 e. The van der Waals surface area contributed by atoms with Crippen LogP contribution in [0, 0.1) is 11.8 Å². The molecule has 2 unspecified atom stereocenters. The third-order valence-corrected chi connectivity index (χ3v) is 3.27. The molecule has 2 atom stereocenters. The molecule has 0 heterocycles. The van der Waals surface area contributed by atoms with Gasteiger partial charge in [0.2, 0.25) is 0 Å². The Balaban J connectivity index is 4.51. The molecule has 15 heavy (non-hydrogen) atoms. The van der Waals surface area contributed by atoms with Gasteiger partial charge in [0.15, 0.2) is 0 Å². The van der Waals surface area contributed by atoms with E-state index in [0.29, 0.717) is 0 Å². The van der Waals surface area contributed by atoms with Crippen molar-refractivity contribution in [3.05, 3.63) is 22.8 Å². The van der Waals surface area contributed by atoms with Crippen molar-refractivity contribution in [1.82, 2.24) is 0 Å². The van der Waals surface area contributed by atoms with Gasteiger partial charge in [-0.2, -0.15) is 0 Å². The van der Waals surface area contributed by atoms with Crippen molar-refractivity contribution < 1.29 is 8.78 Å². The highest BCUT2D eigenvalue weighted by atomic mass is 19.1. The zero-order valence-corrected chi connectivity index (χ0v) is 10.6. The first-order chi connectivity index (χ1) is 6.77. The average Bonchev–Trinajstić information content (AvgIpc) is 2.14. The lowest BCUT2D eigenvalue weighted by Gasteiger charge is -2.19. The van der Waals surface area contributed by atoms with E-state index in [1.807, 2.05) is 13.8 Å². The van der Waals surface area contributed by atoms with E-state index in [0.717, 1.165) is 17.6 Å². The van der Waals surface area contributed by atoms with Crippen molar-refractivity contribution in [1.29, 1.82) is 0 Å². The van der Waals surface area contributed by atoms with Crippen LogP contribution < -0.4 is 0 Å². The van der Waals surface area contributed by atoms with Crippen LogP contribution in [0.25, 0.3) is 0 Å². The fraction of sp³-hybridized carbons (Fsp3) is 0.692. The van der Waals surface area contributed by atoms with E-state index in [4.69, 9.17) is 0 Å². The Morgan fingerprint density at radius 3 is 1.27 bits per heavy atom. The van der Waals surface area contributed by atoms with Crippen LogP contribution in [0.4, 0.5) is 8.78 Å². The van der Waals surface area contributed by atoms with E-state index in [1.165, 1.54) is 13.8 Å². The molecule has 0 aromatic heterocycles. The summed E-state index contributed by atoms with van der Waals surface area (Å²) in [4.78, 5) is 0. The monoisotopic (exact) mass is 216 g/mol. The first-order valence-corrected chi connectivity index (χ1v) is 5.43. The number of halogens is 2. The summed E-state index contributed by atoms with van der Waals surface area (Å²) in [5, 5.41) is 0. The second kappa shape index (κ2) is 6.04. The van der Waals surface area contributed by atoms with E-state index < -0.39 is 0 Å². The molecule has 0 aromatic carbocycles. The summed E-state index contributed by atoms with van der Waals surface area (Å²) >= 11 is 0. The lowest BCUT2D eigenvalue weighted by molar-refractivity contribution is 0.470. The van der Waals surface area contributed by atoms with Gasteiger partial charge in [0.05, 0.1) is 11.7 Å². The minimum atomic E-state index is -0.117. The summed E-state index contributed by atoms with van der Waals surface area (Å²) in [6.07, 6.45) is 0.792. The Morgan fingerprint density at radius 1 is 0.800 bits per heavy atom. The topological polar surface area (TPSA) is 0 Å². The zero-order chi connectivity index (χ0) is 12.2. The van der Waals surface area contributed by atoms with Crippen LogP contribution >= 0.6 is 0 Å². The summed E-state index contributed by atoms with van der Waals surface area (Å²) in [5.41, 5.74) is 1.54. The first kappa shape index (κ1) is 14.3. The van der Waals surface area contributed by atoms with Gasteiger partial charge in [-0.15, -0.1) is 0 Å². The van der Waals surface area contributed by atoms with Crippen LogP contribution in [0.15, 0.2) is 22.8 Å². The summed E-state index contributed by atoms with van der Waals surface area (Å²) < 4.78 is 25.9. The molecule has 2 heteroatoms. The van der Waals surface area contributed by atoms with Gasteiger partial charge in [-0.3, -0.25) is 0 Å². The van der Waals surface area contributed by atoms with E-state index in [1.54, 1.807) is 13.8 Å². The lowest BCUT2D eigenvalue weighted by Crippen LogP contribution is -2.07. The van der Waals surface area contributed by atoms with E-state index in [9.17, 15) is 8.78 Å². The Hall–Kier alpha value is -0.660. The summed E-state index contributed by atoms with van der Waals surface area (Å²) in [6.45, 7) is 10.5. The maximum atomic E-state index is 12.9. The van der Waals surface area contributed by atoms with Gasteiger partial charge in [0.1, 0.15) is 0 Å². The molecule has 0 bridgehead atoms. The molecule has 0 N–H and O–H groups in total. The molecule has 0 aromatic rings. The smallest absolute Gasteiger partial charge is 0.0960 e. The summed E-state index contributed by atoms with van der Waals surface area (Å²) in [5.74, 6) is 0.0974. The van der Waals surface area contributed by atoms with Crippen molar-refractivity contribution in [2.75, 3.05) is 0 Å². The van der Waals surface area contributed by atoms with Gasteiger partial charge in [0, 0.05) is 0 Å². The molecule has 88 valence electrons. The van der Waals surface area contributed by atoms with Crippen LogP contribution in [-0.2, 0) is 0 Å². The summed E-state index contributed by atoms with van der Waals surface area (Å²) in [6, 6.07) is 0. The number of hydrogen-bond acceptors (Lipinski definition) is 0. The Labute approximate surface area is 92.1 Å². The third kappa shape index (κ3) is 4.59. The summed E-state index contributed by atoms with van der Waals surface area (Å²) in [7, 11) is 0. The minimum Gasteiger partial charge on any atom is -0.212 e. The molecule has 0 radical (unpaired) electrons. The van der Waals surface area contributed by atoms with Crippen molar-refractivity contribution in [2.45, 2.75) is 48.0 Å². The molecule has 0 fully saturated rings. The molecule has 0 saturated heterocycles. The van der Waals surface area contributed by atoms with Crippen LogP contribution in [0.5, 0.6) is 0 Å². The molecule has 0 aliphatic heterocycles. The van der Waals surface area contributed by atoms with Crippen molar-refractivity contribution in [3.8, 4) is 0 Å². The van der Waals surface area contributed by atoms with Crippen LogP contribution in [0.1, 0.15) is 48.0 Å². The quantitative estimate of drug-likeness (QED) is 0.607. The second-order valence-electron chi connectivity index (χ2n) is 4.47. The van der Waals surface area contributed by atoms with Crippen LogP contribution in [-0.4, -0.2) is 0 Å². The van der Waals surface area contributed by atoms with Gasteiger partial charge in [0.25, 0.3) is 0 Å². The van der Waals surface area contributed by atoms with E-state index >= 15 is 0 Å². The van der Waals surface area contributed by atoms with Gasteiger partial charge in [-0.1, -0.05) is 13.8 Å². The maximum Gasteiger partial charge on any atom is 0.0960 e. The normalized spacial score (nSPS) is 19.2. The molecule has 0 nitrogen and oxygen atoms in total. The predicted octanol–water partition coefficient (Wildman–Crippen LogP) is 5.18. The van der Waals surface area contributed by atoms with Crippen molar-refractivity contribution in [3.63, 3.8) is 0 Å². The van der Waals surface area contributed by atoms with Gasteiger partial charge in [-0.25, -0.2) is 8.78 Å². The number of hydrogen-bond donors (Lipinski definition) is 0. The number of rotatable bonds is 4. The lowest BCUT2D eigenvalue weighted by atomic mass is 9.87. The number of allylic oxidation sites excluding steroid dienone is 4. The highest BCUT2D eigenvalue weighted by Crippen LogP contribution is 2.27. The molecule has 0 amide bonds. The highest BCUT2D eigenvalue weighted by Gasteiger charge is 2.14. The van der Waals surface area contributed by atoms with Gasteiger partial charge in [-0.05, 0) is 57.1 Å². The van der Waals surface area contributed by atoms with Gasteiger partial charge < -0.3 is 0 Å². The maximum absolute atomic E-state index is 12.9. The standard InChI is InChI=1S/C13H22F2/c1-8(10(3)12(5)14)7-9(2)11(4)13(6)15/h8-9H,7H2,1-6H3/b12-10+,13-11+. The fourth-order valence-electron chi connectivity index (χ4n) is 1.56. The Bertz CT molecular complexity index is 238. The second-order valence-corrected chi connectivity index (χ2v) is 4.47. The predicted molar refractivity (Wildman–Crippen MR) is 61.9 cm³/mol. The highest BCUT2D eigenvalue weighted by molar-refractivity contribution is 5.10. The molecule has 0 spiro atoms. The molecular weight excluding hydrogens is 194 g/mol. The van der Waals surface area contributed by atoms with Crippen molar-refractivity contribution >= 4 is 0 Å². The van der Waals surface area contributed by atoms with Crippen molar-refractivity contribution in [2.24, 2.45) is 11.8 Å². The average molecular weight is 216 g/mol. The third-order valence-electron chi connectivity index (χ3n) is 3.27. The Kier molecular flexibility index (Phi) is 5.77. The minimum absolute atomic E-state index is 0.117. The zero-order valence-electron chi connectivity index (χ0n) is 10.6. The van der Waals surface area contributed by atoms with E-state index in [-0.39, 0.29) is 23.5 Å². The van der Waals surface area contributed by atoms with Gasteiger partial charge >= 0.3 is 0 Å². The first-order valence-electron chi connectivity index (χ1n) is 5.43. The SMILES string of the molecule is C/C(F)=C(/C)C(C)CC(C)/C(C)=C(\C)F. The molecule has 0 aliphatic rings. The fourth-order valence-corrected chi connectivity index (χ4v) is 1.56. The van der Waals surface area contributed by atoms with Crippen LogP contribution in [0.2, 0.25) is 0 Å². The molecule has 0 rings (SSSR count). The van der Waals surface area contributed by atoms with Crippen LogP contribution in [0.3, 0.4) is 0 Å².